The van der Waals surface area contributed by atoms with E-state index in [9.17, 15) is 5.11 Å². The van der Waals surface area contributed by atoms with E-state index < -0.39 is 6.10 Å². The summed E-state index contributed by atoms with van der Waals surface area (Å²) < 4.78 is 16.1. The molecule has 1 atom stereocenters. The van der Waals surface area contributed by atoms with Crippen molar-refractivity contribution in [2.24, 2.45) is 0 Å². The zero-order valence-corrected chi connectivity index (χ0v) is 12.2. The summed E-state index contributed by atoms with van der Waals surface area (Å²) in [6, 6.07) is 15.3. The highest BCUT2D eigenvalue weighted by Gasteiger charge is 2.13. The average Bonchev–Trinajstić information content (AvgIpc) is 3.02. The number of aliphatic hydroxyl groups excluding tert-OH is 1. The topological polar surface area (TPSA) is 60.0 Å². The lowest BCUT2D eigenvalue weighted by Crippen LogP contribution is -2.31. The van der Waals surface area contributed by atoms with Crippen molar-refractivity contribution in [1.29, 1.82) is 0 Å². The van der Waals surface area contributed by atoms with Crippen molar-refractivity contribution in [1.82, 2.24) is 5.32 Å². The standard InChI is InChI=1S/C17H19NO4/c19-14(11-20-15-4-2-1-3-5-15)10-18-9-13-6-7-16-17(8-13)22-12-21-16/h1-8,14,18-19H,9-12H2/t14-/m0/s1. The predicted octanol–water partition coefficient (Wildman–Crippen LogP) is 1.94. The summed E-state index contributed by atoms with van der Waals surface area (Å²) in [4.78, 5) is 0. The lowest BCUT2D eigenvalue weighted by molar-refractivity contribution is 0.106. The SMILES string of the molecule is O[C@@H](CNCc1ccc2c(c1)OCO2)COc1ccccc1. The van der Waals surface area contributed by atoms with Crippen LogP contribution in [0.25, 0.3) is 0 Å². The first-order valence-corrected chi connectivity index (χ1v) is 7.26. The fourth-order valence-corrected chi connectivity index (χ4v) is 2.20. The number of para-hydroxylation sites is 1. The Hall–Kier alpha value is -2.24. The summed E-state index contributed by atoms with van der Waals surface area (Å²) in [7, 11) is 0. The third-order valence-electron chi connectivity index (χ3n) is 3.33. The van der Waals surface area contributed by atoms with E-state index in [0.29, 0.717) is 13.1 Å². The van der Waals surface area contributed by atoms with Crippen LogP contribution < -0.4 is 19.5 Å². The van der Waals surface area contributed by atoms with E-state index in [1.54, 1.807) is 0 Å². The van der Waals surface area contributed by atoms with E-state index >= 15 is 0 Å². The smallest absolute Gasteiger partial charge is 0.231 e. The van der Waals surface area contributed by atoms with Crippen LogP contribution in [0, 0.1) is 0 Å². The number of hydrogen-bond acceptors (Lipinski definition) is 5. The Morgan fingerprint density at radius 3 is 2.77 bits per heavy atom. The summed E-state index contributed by atoms with van der Waals surface area (Å²) in [5.74, 6) is 2.31. The highest BCUT2D eigenvalue weighted by Crippen LogP contribution is 2.32. The first-order valence-electron chi connectivity index (χ1n) is 7.26. The van der Waals surface area contributed by atoms with Crippen molar-refractivity contribution in [3.63, 3.8) is 0 Å². The normalized spacial score (nSPS) is 13.9. The second-order valence-corrected chi connectivity index (χ2v) is 5.10. The molecule has 0 bridgehead atoms. The molecule has 0 aromatic heterocycles. The van der Waals surface area contributed by atoms with Crippen LogP contribution in [0.15, 0.2) is 48.5 Å². The molecule has 2 aromatic rings. The molecule has 5 heteroatoms. The molecule has 0 unspecified atom stereocenters. The number of hydrogen-bond donors (Lipinski definition) is 2. The summed E-state index contributed by atoms with van der Waals surface area (Å²) in [5, 5.41) is 13.1. The van der Waals surface area contributed by atoms with Gasteiger partial charge in [0.25, 0.3) is 0 Å². The quantitative estimate of drug-likeness (QED) is 0.818. The minimum atomic E-state index is -0.561. The Morgan fingerprint density at radius 2 is 1.91 bits per heavy atom. The molecule has 3 rings (SSSR count). The van der Waals surface area contributed by atoms with E-state index in [4.69, 9.17) is 14.2 Å². The lowest BCUT2D eigenvalue weighted by Gasteiger charge is -2.13. The zero-order chi connectivity index (χ0) is 15.2. The fraction of sp³-hybridized carbons (Fsp3) is 0.294. The van der Waals surface area contributed by atoms with Gasteiger partial charge in [0.05, 0.1) is 0 Å². The van der Waals surface area contributed by atoms with Gasteiger partial charge in [-0.15, -0.1) is 0 Å². The summed E-state index contributed by atoms with van der Waals surface area (Å²) in [6.07, 6.45) is -0.561. The minimum Gasteiger partial charge on any atom is -0.491 e. The van der Waals surface area contributed by atoms with E-state index in [1.807, 2.05) is 48.5 Å². The Morgan fingerprint density at radius 1 is 1.09 bits per heavy atom. The van der Waals surface area contributed by atoms with Gasteiger partial charge in [0.1, 0.15) is 18.5 Å². The van der Waals surface area contributed by atoms with Gasteiger partial charge in [-0.25, -0.2) is 0 Å². The number of nitrogens with one attached hydrogen (secondary N) is 1. The number of rotatable bonds is 7. The van der Waals surface area contributed by atoms with E-state index in [-0.39, 0.29) is 13.4 Å². The Bertz CT molecular complexity index is 603. The molecule has 2 aromatic carbocycles. The van der Waals surface area contributed by atoms with E-state index in [0.717, 1.165) is 22.8 Å². The van der Waals surface area contributed by atoms with Crippen LogP contribution in [-0.4, -0.2) is 31.2 Å². The molecule has 0 radical (unpaired) electrons. The first-order chi connectivity index (χ1) is 10.8. The molecule has 0 aliphatic carbocycles. The summed E-state index contributed by atoms with van der Waals surface area (Å²) in [5.41, 5.74) is 1.08. The maximum atomic E-state index is 9.91. The fourth-order valence-electron chi connectivity index (χ4n) is 2.20. The van der Waals surface area contributed by atoms with Gasteiger partial charge in [-0.05, 0) is 29.8 Å². The van der Waals surface area contributed by atoms with Gasteiger partial charge in [0.15, 0.2) is 11.5 Å². The third-order valence-corrected chi connectivity index (χ3v) is 3.33. The minimum absolute atomic E-state index is 0.262. The number of ether oxygens (including phenoxy) is 3. The molecule has 22 heavy (non-hydrogen) atoms. The van der Waals surface area contributed by atoms with Crippen molar-refractivity contribution >= 4 is 0 Å². The maximum absolute atomic E-state index is 9.91. The van der Waals surface area contributed by atoms with Gasteiger partial charge in [-0.3, -0.25) is 0 Å². The van der Waals surface area contributed by atoms with Gasteiger partial charge in [-0.1, -0.05) is 24.3 Å². The van der Waals surface area contributed by atoms with Crippen LogP contribution in [0.3, 0.4) is 0 Å². The van der Waals surface area contributed by atoms with Crippen LogP contribution in [0.2, 0.25) is 0 Å². The van der Waals surface area contributed by atoms with Crippen LogP contribution in [0.4, 0.5) is 0 Å². The molecular weight excluding hydrogens is 282 g/mol. The van der Waals surface area contributed by atoms with Crippen LogP contribution in [0.5, 0.6) is 17.2 Å². The van der Waals surface area contributed by atoms with E-state index in [1.165, 1.54) is 0 Å². The van der Waals surface area contributed by atoms with Crippen molar-refractivity contribution < 1.29 is 19.3 Å². The van der Waals surface area contributed by atoms with Crippen molar-refractivity contribution in [2.45, 2.75) is 12.6 Å². The van der Waals surface area contributed by atoms with Gasteiger partial charge in [-0.2, -0.15) is 0 Å². The lowest BCUT2D eigenvalue weighted by atomic mass is 10.2. The highest BCUT2D eigenvalue weighted by atomic mass is 16.7. The number of aliphatic hydroxyl groups is 1. The van der Waals surface area contributed by atoms with Gasteiger partial charge < -0.3 is 24.6 Å². The van der Waals surface area contributed by atoms with Gasteiger partial charge >= 0.3 is 0 Å². The average molecular weight is 301 g/mol. The Balaban J connectivity index is 1.39. The first kappa shape index (κ1) is 14.7. The molecule has 1 aliphatic heterocycles. The second kappa shape index (κ2) is 7.15. The molecule has 0 fully saturated rings. The summed E-state index contributed by atoms with van der Waals surface area (Å²) >= 11 is 0. The predicted molar refractivity (Wildman–Crippen MR) is 82.2 cm³/mol. The summed E-state index contributed by atoms with van der Waals surface area (Å²) in [6.45, 7) is 1.65. The number of benzene rings is 2. The molecule has 0 saturated carbocycles. The molecule has 5 nitrogen and oxygen atoms in total. The highest BCUT2D eigenvalue weighted by molar-refractivity contribution is 5.44. The van der Waals surface area contributed by atoms with Crippen LogP contribution >= 0.6 is 0 Å². The van der Waals surface area contributed by atoms with Crippen molar-refractivity contribution in [3.05, 3.63) is 54.1 Å². The molecule has 116 valence electrons. The number of fused-ring (bicyclic) bond motifs is 1. The monoisotopic (exact) mass is 301 g/mol. The third kappa shape index (κ3) is 3.90. The molecule has 0 saturated heterocycles. The Labute approximate surface area is 129 Å². The van der Waals surface area contributed by atoms with Gasteiger partial charge in [0.2, 0.25) is 6.79 Å². The molecule has 0 spiro atoms. The zero-order valence-electron chi connectivity index (χ0n) is 12.2. The maximum Gasteiger partial charge on any atom is 0.231 e. The largest absolute Gasteiger partial charge is 0.491 e. The Kier molecular flexibility index (Phi) is 4.78. The van der Waals surface area contributed by atoms with Crippen LogP contribution in [0.1, 0.15) is 5.56 Å². The molecule has 0 amide bonds. The molecule has 1 aliphatic rings. The second-order valence-electron chi connectivity index (χ2n) is 5.10. The van der Waals surface area contributed by atoms with Crippen LogP contribution in [-0.2, 0) is 6.54 Å². The molecule has 1 heterocycles. The van der Waals surface area contributed by atoms with E-state index in [2.05, 4.69) is 5.32 Å². The molecule has 2 N–H and O–H groups in total. The molecular formula is C17H19NO4. The van der Waals surface area contributed by atoms with Crippen molar-refractivity contribution in [2.75, 3.05) is 19.9 Å². The van der Waals surface area contributed by atoms with Gasteiger partial charge in [0, 0.05) is 13.1 Å². The van der Waals surface area contributed by atoms with Crippen molar-refractivity contribution in [3.8, 4) is 17.2 Å².